The van der Waals surface area contributed by atoms with Crippen LogP contribution < -0.4 is 5.73 Å². The molecule has 0 heterocycles. The van der Waals surface area contributed by atoms with E-state index >= 15 is 0 Å². The Hall–Kier alpha value is -0.340. The molecule has 2 nitrogen and oxygen atoms in total. The van der Waals surface area contributed by atoms with Crippen LogP contribution in [0, 0.1) is 0 Å². The fourth-order valence-electron chi connectivity index (χ4n) is 1.32. The highest BCUT2D eigenvalue weighted by Crippen LogP contribution is 2.07. The molecule has 0 aromatic heterocycles. The largest absolute Gasteiger partial charge is 0.397 e. The van der Waals surface area contributed by atoms with E-state index in [9.17, 15) is 0 Å². The lowest BCUT2D eigenvalue weighted by Crippen LogP contribution is -1.97. The monoisotopic (exact) mass is 215 g/mol. The van der Waals surface area contributed by atoms with Crippen LogP contribution in [0.1, 0.15) is 58.3 Å². The van der Waals surface area contributed by atoms with Crippen LogP contribution in [0.5, 0.6) is 0 Å². The van der Waals surface area contributed by atoms with Crippen molar-refractivity contribution in [3.8, 4) is 0 Å². The van der Waals surface area contributed by atoms with Gasteiger partial charge in [0.1, 0.15) is 0 Å². The number of allylic oxidation sites excluding steroid dienone is 1. The molecule has 0 amide bonds. The molecule has 0 aliphatic rings. The fraction of sp³-hybridized carbons (Fsp3) is 0.846. The van der Waals surface area contributed by atoms with Crippen LogP contribution in [-0.2, 0) is 0 Å². The molecule has 0 spiro atoms. The molecule has 0 saturated heterocycles. The zero-order valence-corrected chi connectivity index (χ0v) is 10.4. The molecule has 0 aliphatic heterocycles. The van der Waals surface area contributed by atoms with Crippen molar-refractivity contribution in [2.45, 2.75) is 58.3 Å². The van der Waals surface area contributed by atoms with Crippen molar-refractivity contribution < 1.29 is 5.11 Å². The first-order valence-corrected chi connectivity index (χ1v) is 6.25. The van der Waals surface area contributed by atoms with E-state index in [1.807, 2.05) is 6.08 Å². The van der Waals surface area contributed by atoms with E-state index in [0.717, 1.165) is 6.54 Å². The van der Waals surface area contributed by atoms with E-state index in [0.29, 0.717) is 0 Å². The van der Waals surface area contributed by atoms with Gasteiger partial charge < -0.3 is 10.8 Å². The van der Waals surface area contributed by atoms with Gasteiger partial charge in [-0.05, 0) is 32.7 Å². The predicted molar refractivity (Wildman–Crippen MR) is 68.9 cm³/mol. The molecule has 0 unspecified atom stereocenters. The van der Waals surface area contributed by atoms with E-state index in [2.05, 4.69) is 6.58 Å². The topological polar surface area (TPSA) is 46.2 Å². The van der Waals surface area contributed by atoms with Crippen molar-refractivity contribution >= 4 is 0 Å². The number of nitrogens with two attached hydrogens (primary N) is 1. The van der Waals surface area contributed by atoms with Gasteiger partial charge in [-0.15, -0.1) is 6.58 Å². The predicted octanol–water partition coefficient (Wildman–Crippen LogP) is 3.25. The van der Waals surface area contributed by atoms with Crippen LogP contribution in [0.3, 0.4) is 0 Å². The number of aliphatic hydroxyl groups excluding tert-OH is 1. The first kappa shape index (κ1) is 17.1. The number of aliphatic hydroxyl groups is 1. The van der Waals surface area contributed by atoms with Crippen molar-refractivity contribution in [1.29, 1.82) is 0 Å². The number of hydrogen-bond donors (Lipinski definition) is 2. The Morgan fingerprint density at radius 2 is 1.40 bits per heavy atom. The third kappa shape index (κ3) is 24.8. The summed E-state index contributed by atoms with van der Waals surface area (Å²) in [5.41, 5.74) is 5.40. The molecule has 0 atom stereocenters. The van der Waals surface area contributed by atoms with Crippen LogP contribution >= 0.6 is 0 Å². The van der Waals surface area contributed by atoms with Gasteiger partial charge in [0, 0.05) is 6.61 Å². The first-order valence-electron chi connectivity index (χ1n) is 6.25. The molecular weight excluding hydrogens is 186 g/mol. The third-order valence-electron chi connectivity index (χ3n) is 2.11. The molecular formula is C13H29NO. The normalized spacial score (nSPS) is 9.27. The molecule has 0 aromatic carbocycles. The van der Waals surface area contributed by atoms with Gasteiger partial charge in [-0.2, -0.15) is 0 Å². The molecule has 92 valence electrons. The van der Waals surface area contributed by atoms with E-state index in [1.54, 1.807) is 6.92 Å². The Balaban J connectivity index is 0. The zero-order valence-electron chi connectivity index (χ0n) is 10.4. The highest BCUT2D eigenvalue weighted by atomic mass is 16.2. The highest BCUT2D eigenvalue weighted by Gasteiger charge is 1.89. The van der Waals surface area contributed by atoms with Crippen LogP contribution in [0.4, 0.5) is 0 Å². The van der Waals surface area contributed by atoms with E-state index in [4.69, 9.17) is 10.8 Å². The van der Waals surface area contributed by atoms with Gasteiger partial charge in [0.05, 0.1) is 0 Å². The standard InChI is InChI=1S/C11H23N.C2H6O/c1-2-3-4-5-6-7-8-9-10-11-12;1-2-3/h2H,1,3-12H2;3H,2H2,1H3. The SMILES string of the molecule is C=CCCCCCCCCCN.CCO. The first-order chi connectivity index (χ1) is 7.33. The van der Waals surface area contributed by atoms with Gasteiger partial charge in [-0.1, -0.05) is 38.2 Å². The van der Waals surface area contributed by atoms with Crippen LogP contribution in [0.2, 0.25) is 0 Å². The molecule has 2 heteroatoms. The summed E-state index contributed by atoms with van der Waals surface area (Å²) in [6.45, 7) is 6.49. The van der Waals surface area contributed by atoms with Gasteiger partial charge in [0.2, 0.25) is 0 Å². The molecule has 15 heavy (non-hydrogen) atoms. The van der Waals surface area contributed by atoms with Crippen molar-refractivity contribution in [2.24, 2.45) is 5.73 Å². The third-order valence-corrected chi connectivity index (χ3v) is 2.11. The van der Waals surface area contributed by atoms with Crippen molar-refractivity contribution in [3.63, 3.8) is 0 Å². The van der Waals surface area contributed by atoms with E-state index < -0.39 is 0 Å². The molecule has 0 rings (SSSR count). The van der Waals surface area contributed by atoms with Crippen molar-refractivity contribution in [2.75, 3.05) is 13.2 Å². The summed E-state index contributed by atoms with van der Waals surface area (Å²) in [6.07, 6.45) is 12.5. The number of unbranched alkanes of at least 4 members (excludes halogenated alkanes) is 7. The molecule has 0 bridgehead atoms. The highest BCUT2D eigenvalue weighted by molar-refractivity contribution is 4.65. The molecule has 0 radical (unpaired) electrons. The number of hydrogen-bond acceptors (Lipinski definition) is 2. The fourth-order valence-corrected chi connectivity index (χ4v) is 1.32. The van der Waals surface area contributed by atoms with E-state index in [1.165, 1.54) is 51.4 Å². The van der Waals surface area contributed by atoms with Crippen LogP contribution in [0.25, 0.3) is 0 Å². The molecule has 0 saturated carbocycles. The summed E-state index contributed by atoms with van der Waals surface area (Å²) in [5, 5.41) is 7.57. The maximum absolute atomic E-state index is 7.57. The van der Waals surface area contributed by atoms with Gasteiger partial charge in [0.25, 0.3) is 0 Å². The summed E-state index contributed by atoms with van der Waals surface area (Å²) >= 11 is 0. The van der Waals surface area contributed by atoms with Gasteiger partial charge in [-0.3, -0.25) is 0 Å². The lowest BCUT2D eigenvalue weighted by atomic mass is 10.1. The summed E-state index contributed by atoms with van der Waals surface area (Å²) in [6, 6.07) is 0. The zero-order chi connectivity index (χ0) is 11.8. The van der Waals surface area contributed by atoms with Gasteiger partial charge in [-0.25, -0.2) is 0 Å². The molecule has 3 N–H and O–H groups in total. The Morgan fingerprint density at radius 1 is 1.00 bits per heavy atom. The lowest BCUT2D eigenvalue weighted by molar-refractivity contribution is 0.318. The van der Waals surface area contributed by atoms with Crippen LogP contribution in [0.15, 0.2) is 12.7 Å². The van der Waals surface area contributed by atoms with E-state index in [-0.39, 0.29) is 6.61 Å². The Bertz CT molecular complexity index is 105. The lowest BCUT2D eigenvalue weighted by Gasteiger charge is -1.99. The smallest absolute Gasteiger partial charge is 0.0402 e. The van der Waals surface area contributed by atoms with Crippen molar-refractivity contribution in [3.05, 3.63) is 12.7 Å². The minimum Gasteiger partial charge on any atom is -0.397 e. The molecule has 0 aromatic rings. The van der Waals surface area contributed by atoms with Gasteiger partial charge in [0.15, 0.2) is 0 Å². The molecule has 0 fully saturated rings. The quantitative estimate of drug-likeness (QED) is 0.458. The van der Waals surface area contributed by atoms with Crippen LogP contribution in [-0.4, -0.2) is 18.3 Å². The average Bonchev–Trinajstić information content (AvgIpc) is 2.23. The number of rotatable bonds is 9. The second-order valence-corrected chi connectivity index (χ2v) is 3.66. The summed E-state index contributed by atoms with van der Waals surface area (Å²) in [5.74, 6) is 0. The maximum atomic E-state index is 7.57. The van der Waals surface area contributed by atoms with Gasteiger partial charge >= 0.3 is 0 Å². The average molecular weight is 215 g/mol. The summed E-state index contributed by atoms with van der Waals surface area (Å²) < 4.78 is 0. The summed E-state index contributed by atoms with van der Waals surface area (Å²) in [4.78, 5) is 0. The van der Waals surface area contributed by atoms with Crippen molar-refractivity contribution in [1.82, 2.24) is 0 Å². The Kier molecular flexibility index (Phi) is 21.9. The second-order valence-electron chi connectivity index (χ2n) is 3.66. The second kappa shape index (κ2) is 19.3. The Labute approximate surface area is 95.6 Å². The molecule has 0 aliphatic carbocycles. The Morgan fingerprint density at radius 3 is 1.80 bits per heavy atom. The maximum Gasteiger partial charge on any atom is 0.0402 e. The minimum atomic E-state index is 0.250. The summed E-state index contributed by atoms with van der Waals surface area (Å²) in [7, 11) is 0. The minimum absolute atomic E-state index is 0.250.